The van der Waals surface area contributed by atoms with Crippen LogP contribution in [0.1, 0.15) is 23.1 Å². The molecule has 1 aliphatic heterocycles. The van der Waals surface area contributed by atoms with E-state index in [1.54, 1.807) is 0 Å². The number of hydrogen-bond acceptors (Lipinski definition) is 4. The monoisotopic (exact) mass is 354 g/mol. The van der Waals surface area contributed by atoms with E-state index in [9.17, 15) is 0 Å². The van der Waals surface area contributed by atoms with Gasteiger partial charge in [0.15, 0.2) is 0 Å². The summed E-state index contributed by atoms with van der Waals surface area (Å²) in [5, 5.41) is 3.55. The molecule has 3 rings (SSSR count). The molecule has 0 amide bonds. The highest BCUT2D eigenvalue weighted by Gasteiger charge is 2.09. The summed E-state index contributed by atoms with van der Waals surface area (Å²) in [7, 11) is 0. The molecule has 140 valence electrons. The Morgan fingerprint density at radius 2 is 1.92 bits per heavy atom. The summed E-state index contributed by atoms with van der Waals surface area (Å²) < 4.78 is 11.5. The van der Waals surface area contributed by atoms with Crippen molar-refractivity contribution in [1.82, 2.24) is 10.2 Å². The van der Waals surface area contributed by atoms with Gasteiger partial charge in [-0.1, -0.05) is 48.0 Å². The maximum Gasteiger partial charge on any atom is 0.124 e. The Morgan fingerprint density at radius 3 is 2.77 bits per heavy atom. The number of benzene rings is 2. The summed E-state index contributed by atoms with van der Waals surface area (Å²) >= 11 is 0. The molecule has 2 aromatic rings. The van der Waals surface area contributed by atoms with Gasteiger partial charge in [-0.3, -0.25) is 4.90 Å². The Morgan fingerprint density at radius 1 is 1.08 bits per heavy atom. The summed E-state index contributed by atoms with van der Waals surface area (Å²) in [4.78, 5) is 2.48. The Kier molecular flexibility index (Phi) is 7.50. The Balaban J connectivity index is 1.41. The lowest BCUT2D eigenvalue weighted by molar-refractivity contribution is 0.0374. The van der Waals surface area contributed by atoms with E-state index in [1.807, 2.05) is 6.07 Å². The molecule has 0 aliphatic carbocycles. The van der Waals surface area contributed by atoms with Crippen LogP contribution in [0.4, 0.5) is 0 Å². The number of morpholine rings is 1. The average molecular weight is 354 g/mol. The third-order valence-electron chi connectivity index (χ3n) is 4.70. The molecule has 0 aromatic heterocycles. The van der Waals surface area contributed by atoms with Gasteiger partial charge >= 0.3 is 0 Å². The number of rotatable bonds is 9. The molecule has 2 aromatic carbocycles. The van der Waals surface area contributed by atoms with Gasteiger partial charge in [-0.15, -0.1) is 0 Å². The zero-order valence-corrected chi connectivity index (χ0v) is 15.7. The van der Waals surface area contributed by atoms with Crippen molar-refractivity contribution in [3.8, 4) is 5.75 Å². The SMILES string of the molecule is Cc1cccc(COc2ccccc2CNCCCN2CCOCC2)c1. The smallest absolute Gasteiger partial charge is 0.124 e. The zero-order chi connectivity index (χ0) is 18.0. The first-order valence-electron chi connectivity index (χ1n) is 9.58. The quantitative estimate of drug-likeness (QED) is 0.700. The first-order chi connectivity index (χ1) is 12.8. The molecule has 0 saturated carbocycles. The molecule has 1 saturated heterocycles. The van der Waals surface area contributed by atoms with Gasteiger partial charge in [0.1, 0.15) is 12.4 Å². The van der Waals surface area contributed by atoms with Crippen LogP contribution in [0.2, 0.25) is 0 Å². The molecule has 4 nitrogen and oxygen atoms in total. The van der Waals surface area contributed by atoms with E-state index in [0.717, 1.165) is 58.1 Å². The molecule has 1 N–H and O–H groups in total. The zero-order valence-electron chi connectivity index (χ0n) is 15.7. The van der Waals surface area contributed by atoms with Crippen molar-refractivity contribution in [1.29, 1.82) is 0 Å². The third-order valence-corrected chi connectivity index (χ3v) is 4.70. The van der Waals surface area contributed by atoms with Crippen LogP contribution in [0.5, 0.6) is 5.75 Å². The second kappa shape index (κ2) is 10.3. The van der Waals surface area contributed by atoms with E-state index in [0.29, 0.717) is 6.61 Å². The minimum Gasteiger partial charge on any atom is -0.489 e. The number of nitrogens with one attached hydrogen (secondary N) is 1. The molecular formula is C22H30N2O2. The highest BCUT2D eigenvalue weighted by molar-refractivity contribution is 5.33. The fourth-order valence-corrected chi connectivity index (χ4v) is 3.23. The van der Waals surface area contributed by atoms with E-state index in [2.05, 4.69) is 59.6 Å². The fourth-order valence-electron chi connectivity index (χ4n) is 3.23. The minimum atomic E-state index is 0.607. The van der Waals surface area contributed by atoms with Crippen LogP contribution in [0.15, 0.2) is 48.5 Å². The average Bonchev–Trinajstić information content (AvgIpc) is 2.68. The van der Waals surface area contributed by atoms with Crippen LogP contribution in [0.25, 0.3) is 0 Å². The molecule has 0 atom stereocenters. The maximum atomic E-state index is 6.07. The van der Waals surface area contributed by atoms with Gasteiger partial charge in [-0.05, 0) is 38.1 Å². The van der Waals surface area contributed by atoms with Crippen LogP contribution in [0.3, 0.4) is 0 Å². The lowest BCUT2D eigenvalue weighted by atomic mass is 10.1. The van der Waals surface area contributed by atoms with Gasteiger partial charge in [-0.2, -0.15) is 0 Å². The van der Waals surface area contributed by atoms with Crippen molar-refractivity contribution in [2.24, 2.45) is 0 Å². The van der Waals surface area contributed by atoms with Crippen molar-refractivity contribution in [3.05, 3.63) is 65.2 Å². The summed E-state index contributed by atoms with van der Waals surface area (Å²) in [5.74, 6) is 0.967. The summed E-state index contributed by atoms with van der Waals surface area (Å²) in [6.07, 6.45) is 1.16. The van der Waals surface area contributed by atoms with Gasteiger partial charge < -0.3 is 14.8 Å². The number of nitrogens with zero attached hydrogens (tertiary/aromatic N) is 1. The Labute approximate surface area is 157 Å². The highest BCUT2D eigenvalue weighted by Crippen LogP contribution is 2.19. The predicted molar refractivity (Wildman–Crippen MR) is 106 cm³/mol. The first kappa shape index (κ1) is 18.9. The van der Waals surface area contributed by atoms with E-state index < -0.39 is 0 Å². The van der Waals surface area contributed by atoms with E-state index in [1.165, 1.54) is 16.7 Å². The van der Waals surface area contributed by atoms with Gasteiger partial charge in [-0.25, -0.2) is 0 Å². The van der Waals surface area contributed by atoms with Crippen LogP contribution in [-0.4, -0.2) is 44.3 Å². The van der Waals surface area contributed by atoms with E-state index >= 15 is 0 Å². The number of aryl methyl sites for hydroxylation is 1. The molecule has 0 spiro atoms. The predicted octanol–water partition coefficient (Wildman–Crippen LogP) is 3.39. The molecule has 1 aliphatic rings. The number of ether oxygens (including phenoxy) is 2. The second-order valence-electron chi connectivity index (χ2n) is 6.87. The van der Waals surface area contributed by atoms with Crippen LogP contribution < -0.4 is 10.1 Å². The normalized spacial score (nSPS) is 15.1. The van der Waals surface area contributed by atoms with Crippen LogP contribution in [0, 0.1) is 6.92 Å². The fraction of sp³-hybridized carbons (Fsp3) is 0.455. The second-order valence-corrected chi connectivity index (χ2v) is 6.87. The highest BCUT2D eigenvalue weighted by atomic mass is 16.5. The van der Waals surface area contributed by atoms with Gasteiger partial charge in [0.25, 0.3) is 0 Å². The van der Waals surface area contributed by atoms with Crippen LogP contribution >= 0.6 is 0 Å². The van der Waals surface area contributed by atoms with Crippen molar-refractivity contribution in [3.63, 3.8) is 0 Å². The molecule has 4 heteroatoms. The maximum absolute atomic E-state index is 6.07. The lowest BCUT2D eigenvalue weighted by Gasteiger charge is -2.26. The lowest BCUT2D eigenvalue weighted by Crippen LogP contribution is -2.37. The number of para-hydroxylation sites is 1. The summed E-state index contributed by atoms with van der Waals surface area (Å²) in [6.45, 7) is 9.59. The Bertz CT molecular complexity index is 669. The summed E-state index contributed by atoms with van der Waals surface area (Å²) in [5.41, 5.74) is 3.69. The van der Waals surface area contributed by atoms with Crippen molar-refractivity contribution >= 4 is 0 Å². The molecule has 0 unspecified atom stereocenters. The minimum absolute atomic E-state index is 0.607. The molecule has 1 fully saturated rings. The van der Waals surface area contributed by atoms with Gasteiger partial charge in [0, 0.05) is 25.2 Å². The molecule has 0 radical (unpaired) electrons. The molecule has 1 heterocycles. The molecular weight excluding hydrogens is 324 g/mol. The van der Waals surface area contributed by atoms with Crippen molar-refractivity contribution in [2.45, 2.75) is 26.5 Å². The number of hydrogen-bond donors (Lipinski definition) is 1. The summed E-state index contributed by atoms with van der Waals surface area (Å²) in [6, 6.07) is 16.8. The standard InChI is InChI=1S/C22H30N2O2/c1-19-6-4-7-20(16-19)18-26-22-9-3-2-8-21(22)17-23-10-5-11-24-12-14-25-15-13-24/h2-4,6-9,16,23H,5,10-15,17-18H2,1H3. The first-order valence-corrected chi connectivity index (χ1v) is 9.58. The third kappa shape index (κ3) is 6.13. The van der Waals surface area contributed by atoms with E-state index in [-0.39, 0.29) is 0 Å². The van der Waals surface area contributed by atoms with Crippen molar-refractivity contribution < 1.29 is 9.47 Å². The Hall–Kier alpha value is -1.88. The van der Waals surface area contributed by atoms with Gasteiger partial charge in [0.2, 0.25) is 0 Å². The molecule has 0 bridgehead atoms. The molecule has 26 heavy (non-hydrogen) atoms. The van der Waals surface area contributed by atoms with E-state index in [4.69, 9.17) is 9.47 Å². The van der Waals surface area contributed by atoms with Gasteiger partial charge in [0.05, 0.1) is 13.2 Å². The largest absolute Gasteiger partial charge is 0.489 e. The van der Waals surface area contributed by atoms with Crippen molar-refractivity contribution in [2.75, 3.05) is 39.4 Å². The van der Waals surface area contributed by atoms with Crippen LogP contribution in [-0.2, 0) is 17.9 Å². The topological polar surface area (TPSA) is 33.7 Å².